The predicted octanol–water partition coefficient (Wildman–Crippen LogP) is 2.20. The normalized spacial score (nSPS) is 23.3. The number of benzene rings is 1. The lowest BCUT2D eigenvalue weighted by molar-refractivity contribution is 0.327. The first-order valence-corrected chi connectivity index (χ1v) is 9.03. The minimum absolute atomic E-state index is 0.0385. The van der Waals surface area contributed by atoms with E-state index in [1.165, 1.54) is 0 Å². The number of nitrogens with one attached hydrogen (secondary N) is 2. The molecule has 2 N–H and O–H groups in total. The summed E-state index contributed by atoms with van der Waals surface area (Å²) in [5.74, 6) is 0.354. The SMILES string of the molecule is Cc1cc(C)c(C)c(S(=O)(=O)NC2CNCCC2C)c1C. The second-order valence-corrected chi connectivity index (χ2v) is 7.94. The van der Waals surface area contributed by atoms with E-state index in [9.17, 15) is 8.42 Å². The molecule has 0 radical (unpaired) electrons. The summed E-state index contributed by atoms with van der Waals surface area (Å²) in [5.41, 5.74) is 3.74. The van der Waals surface area contributed by atoms with Crippen LogP contribution >= 0.6 is 0 Å². The number of hydrogen-bond acceptors (Lipinski definition) is 3. The van der Waals surface area contributed by atoms with Gasteiger partial charge in [0.15, 0.2) is 0 Å². The Kier molecular flexibility index (Phi) is 4.76. The van der Waals surface area contributed by atoms with E-state index >= 15 is 0 Å². The number of sulfonamides is 1. The fourth-order valence-corrected chi connectivity index (χ4v) is 4.95. The summed E-state index contributed by atoms with van der Waals surface area (Å²) in [4.78, 5) is 0.456. The highest BCUT2D eigenvalue weighted by molar-refractivity contribution is 7.89. The molecule has 1 aliphatic heterocycles. The van der Waals surface area contributed by atoms with Gasteiger partial charge in [-0.3, -0.25) is 0 Å². The molecule has 1 saturated heterocycles. The van der Waals surface area contributed by atoms with Gasteiger partial charge >= 0.3 is 0 Å². The molecule has 0 saturated carbocycles. The van der Waals surface area contributed by atoms with Crippen molar-refractivity contribution in [1.29, 1.82) is 0 Å². The fraction of sp³-hybridized carbons (Fsp3) is 0.625. The van der Waals surface area contributed by atoms with Crippen molar-refractivity contribution < 1.29 is 8.42 Å². The van der Waals surface area contributed by atoms with Crippen LogP contribution in [0.15, 0.2) is 11.0 Å². The lowest BCUT2D eigenvalue weighted by Gasteiger charge is -2.30. The molecular weight excluding hydrogens is 284 g/mol. The Morgan fingerprint density at radius 1 is 1.14 bits per heavy atom. The van der Waals surface area contributed by atoms with Crippen LogP contribution in [-0.4, -0.2) is 27.5 Å². The number of aryl methyl sites for hydroxylation is 2. The summed E-state index contributed by atoms with van der Waals surface area (Å²) in [6.07, 6.45) is 0.998. The Morgan fingerprint density at radius 3 is 2.24 bits per heavy atom. The Labute approximate surface area is 128 Å². The molecule has 4 nitrogen and oxygen atoms in total. The van der Waals surface area contributed by atoms with Crippen molar-refractivity contribution >= 4 is 10.0 Å². The van der Waals surface area contributed by atoms with Crippen LogP contribution in [0.3, 0.4) is 0 Å². The van der Waals surface area contributed by atoms with Crippen molar-refractivity contribution in [2.75, 3.05) is 13.1 Å². The molecule has 1 heterocycles. The van der Waals surface area contributed by atoms with E-state index < -0.39 is 10.0 Å². The average Bonchev–Trinajstić information content (AvgIpc) is 2.39. The first-order chi connectivity index (χ1) is 9.74. The van der Waals surface area contributed by atoms with E-state index in [1.54, 1.807) is 0 Å². The highest BCUT2D eigenvalue weighted by Gasteiger charge is 2.29. The third-order valence-electron chi connectivity index (χ3n) is 4.70. The van der Waals surface area contributed by atoms with Gasteiger partial charge < -0.3 is 5.32 Å². The highest BCUT2D eigenvalue weighted by atomic mass is 32.2. The minimum atomic E-state index is -3.49. The van der Waals surface area contributed by atoms with Crippen LogP contribution in [0.1, 0.15) is 35.6 Å². The Bertz CT molecular complexity index is 612. The molecule has 118 valence electrons. The van der Waals surface area contributed by atoms with Crippen molar-refractivity contribution in [2.24, 2.45) is 5.92 Å². The summed E-state index contributed by atoms with van der Waals surface area (Å²) in [7, 11) is -3.49. The van der Waals surface area contributed by atoms with Gasteiger partial charge in [-0.15, -0.1) is 0 Å². The molecule has 1 aromatic carbocycles. The second kappa shape index (κ2) is 6.07. The quantitative estimate of drug-likeness (QED) is 0.900. The topological polar surface area (TPSA) is 58.2 Å². The zero-order valence-corrected chi connectivity index (χ0v) is 14.4. The lowest BCUT2D eigenvalue weighted by Crippen LogP contribution is -2.50. The van der Waals surface area contributed by atoms with Crippen LogP contribution in [-0.2, 0) is 10.0 Å². The smallest absolute Gasteiger partial charge is 0.241 e. The van der Waals surface area contributed by atoms with Gasteiger partial charge in [0.1, 0.15) is 0 Å². The standard InChI is InChI=1S/C16H26N2O2S/c1-10-6-7-17-9-15(10)18-21(19,20)16-13(4)11(2)8-12(3)14(16)5/h8,10,15,17-18H,6-7,9H2,1-5H3. The minimum Gasteiger partial charge on any atom is -0.315 e. The molecule has 0 spiro atoms. The maximum atomic E-state index is 12.9. The van der Waals surface area contributed by atoms with Crippen LogP contribution in [0.25, 0.3) is 0 Å². The molecule has 0 aliphatic carbocycles. The van der Waals surface area contributed by atoms with Crippen LogP contribution in [0, 0.1) is 33.6 Å². The van der Waals surface area contributed by atoms with Crippen molar-refractivity contribution in [3.05, 3.63) is 28.3 Å². The Hall–Kier alpha value is -0.910. The molecule has 1 aliphatic rings. The van der Waals surface area contributed by atoms with Gasteiger partial charge in [0.05, 0.1) is 4.90 Å². The van der Waals surface area contributed by atoms with Gasteiger partial charge in [0.2, 0.25) is 10.0 Å². The highest BCUT2D eigenvalue weighted by Crippen LogP contribution is 2.26. The van der Waals surface area contributed by atoms with E-state index in [4.69, 9.17) is 0 Å². The van der Waals surface area contributed by atoms with Gasteiger partial charge in [-0.1, -0.05) is 13.0 Å². The van der Waals surface area contributed by atoms with Gasteiger partial charge in [-0.05, 0) is 68.8 Å². The molecular formula is C16H26N2O2S. The van der Waals surface area contributed by atoms with Gasteiger partial charge in [-0.2, -0.15) is 0 Å². The largest absolute Gasteiger partial charge is 0.315 e. The summed E-state index contributed by atoms with van der Waals surface area (Å²) in [6.45, 7) is 11.5. The predicted molar refractivity (Wildman–Crippen MR) is 86.2 cm³/mol. The van der Waals surface area contributed by atoms with Crippen molar-refractivity contribution in [1.82, 2.24) is 10.0 Å². The number of hydrogen-bond donors (Lipinski definition) is 2. The zero-order valence-electron chi connectivity index (χ0n) is 13.6. The van der Waals surface area contributed by atoms with Crippen LogP contribution in [0.2, 0.25) is 0 Å². The van der Waals surface area contributed by atoms with Crippen LogP contribution in [0.4, 0.5) is 0 Å². The molecule has 2 rings (SSSR count). The Morgan fingerprint density at radius 2 is 1.71 bits per heavy atom. The maximum Gasteiger partial charge on any atom is 0.241 e. The average molecular weight is 310 g/mol. The monoisotopic (exact) mass is 310 g/mol. The summed E-state index contributed by atoms with van der Waals surface area (Å²) >= 11 is 0. The van der Waals surface area contributed by atoms with Crippen LogP contribution in [0.5, 0.6) is 0 Å². The first kappa shape index (κ1) is 16.5. The maximum absolute atomic E-state index is 12.9. The number of piperidine rings is 1. The van der Waals surface area contributed by atoms with E-state index in [0.29, 0.717) is 17.4 Å². The van der Waals surface area contributed by atoms with Gasteiger partial charge in [0, 0.05) is 12.6 Å². The molecule has 2 atom stereocenters. The second-order valence-electron chi connectivity index (χ2n) is 6.29. The molecule has 1 aromatic rings. The van der Waals surface area contributed by atoms with Gasteiger partial charge in [-0.25, -0.2) is 13.1 Å². The van der Waals surface area contributed by atoms with E-state index in [-0.39, 0.29) is 6.04 Å². The summed E-state index contributed by atoms with van der Waals surface area (Å²) < 4.78 is 28.6. The Balaban J connectivity index is 2.40. The van der Waals surface area contributed by atoms with Crippen LogP contribution < -0.4 is 10.0 Å². The van der Waals surface area contributed by atoms with Gasteiger partial charge in [0.25, 0.3) is 0 Å². The fourth-order valence-electron chi connectivity index (χ4n) is 2.99. The molecule has 21 heavy (non-hydrogen) atoms. The third-order valence-corrected chi connectivity index (χ3v) is 6.46. The molecule has 1 fully saturated rings. The first-order valence-electron chi connectivity index (χ1n) is 7.54. The molecule has 2 unspecified atom stereocenters. The van der Waals surface area contributed by atoms with E-state index in [0.717, 1.165) is 35.2 Å². The van der Waals surface area contributed by atoms with Crippen molar-refractivity contribution in [3.8, 4) is 0 Å². The summed E-state index contributed by atoms with van der Waals surface area (Å²) in [5, 5.41) is 3.26. The summed E-state index contributed by atoms with van der Waals surface area (Å²) in [6, 6.07) is 2.01. The number of rotatable bonds is 3. The van der Waals surface area contributed by atoms with Crippen molar-refractivity contribution in [3.63, 3.8) is 0 Å². The molecule has 0 aromatic heterocycles. The van der Waals surface area contributed by atoms with Crippen molar-refractivity contribution in [2.45, 2.75) is 52.0 Å². The lowest BCUT2D eigenvalue weighted by atomic mass is 9.96. The molecule has 5 heteroatoms. The zero-order chi connectivity index (χ0) is 15.8. The molecule has 0 bridgehead atoms. The van der Waals surface area contributed by atoms with E-state index in [1.807, 2.05) is 27.7 Å². The van der Waals surface area contributed by atoms with E-state index in [2.05, 4.69) is 23.0 Å². The third kappa shape index (κ3) is 3.30. The molecule has 0 amide bonds.